The van der Waals surface area contributed by atoms with Gasteiger partial charge in [0.1, 0.15) is 5.69 Å². The lowest BCUT2D eigenvalue weighted by molar-refractivity contribution is 0.102. The van der Waals surface area contributed by atoms with Gasteiger partial charge in [0.05, 0.1) is 0 Å². The Labute approximate surface area is 155 Å². The second kappa shape index (κ2) is 8.30. The molecule has 138 valence electrons. The second-order valence-electron chi connectivity index (χ2n) is 7.33. The molecule has 0 radical (unpaired) electrons. The van der Waals surface area contributed by atoms with Gasteiger partial charge in [-0.2, -0.15) is 0 Å². The third-order valence-corrected chi connectivity index (χ3v) is 4.99. The topological polar surface area (TPSA) is 66.9 Å². The van der Waals surface area contributed by atoms with Crippen molar-refractivity contribution in [2.45, 2.75) is 65.3 Å². The predicted octanol–water partition coefficient (Wildman–Crippen LogP) is 4.79. The molecule has 0 aliphatic heterocycles. The van der Waals surface area contributed by atoms with Crippen molar-refractivity contribution in [1.29, 1.82) is 0 Å². The average molecular weight is 352 g/mol. The fourth-order valence-corrected chi connectivity index (χ4v) is 3.72. The van der Waals surface area contributed by atoms with E-state index in [0.717, 1.165) is 29.7 Å². The summed E-state index contributed by atoms with van der Waals surface area (Å²) < 4.78 is 0. The van der Waals surface area contributed by atoms with E-state index in [-0.39, 0.29) is 5.91 Å². The first-order valence-corrected chi connectivity index (χ1v) is 9.52. The molecule has 0 spiro atoms. The van der Waals surface area contributed by atoms with Crippen LogP contribution < -0.4 is 10.6 Å². The van der Waals surface area contributed by atoms with Crippen LogP contribution in [-0.4, -0.2) is 21.9 Å². The summed E-state index contributed by atoms with van der Waals surface area (Å²) in [5.74, 6) is 0.341. The van der Waals surface area contributed by atoms with Crippen molar-refractivity contribution in [2.24, 2.45) is 0 Å². The summed E-state index contributed by atoms with van der Waals surface area (Å²) in [4.78, 5) is 21.4. The zero-order chi connectivity index (χ0) is 18.5. The van der Waals surface area contributed by atoms with Crippen molar-refractivity contribution in [1.82, 2.24) is 9.97 Å². The number of carbonyl (C=O) groups excluding carboxylic acids is 1. The number of nitrogens with one attached hydrogen (secondary N) is 2. The molecule has 2 aromatic rings. The van der Waals surface area contributed by atoms with Gasteiger partial charge >= 0.3 is 0 Å². The number of hydrogen-bond donors (Lipinski definition) is 2. The van der Waals surface area contributed by atoms with E-state index in [4.69, 9.17) is 0 Å². The molecule has 5 nitrogen and oxygen atoms in total. The standard InChI is InChI=1S/C21H28N4O/c1-14-12-15(2)19(16(3)13-14)25-20(26)18-10-11-22-21(24-18)23-17-8-6-4-5-7-9-17/h10-13,17H,4-9H2,1-3H3,(H,25,26)(H,22,23,24). The molecule has 0 bridgehead atoms. The van der Waals surface area contributed by atoms with Crippen LogP contribution in [0.5, 0.6) is 0 Å². The van der Waals surface area contributed by atoms with Gasteiger partial charge in [-0.15, -0.1) is 0 Å². The smallest absolute Gasteiger partial charge is 0.274 e. The largest absolute Gasteiger partial charge is 0.351 e. The Kier molecular flexibility index (Phi) is 5.86. The maximum atomic E-state index is 12.7. The van der Waals surface area contributed by atoms with Crippen molar-refractivity contribution in [3.05, 3.63) is 46.8 Å². The van der Waals surface area contributed by atoms with Gasteiger partial charge in [-0.1, -0.05) is 43.4 Å². The molecule has 0 saturated heterocycles. The summed E-state index contributed by atoms with van der Waals surface area (Å²) >= 11 is 0. The number of nitrogens with zero attached hydrogens (tertiary/aromatic N) is 2. The number of benzene rings is 1. The highest BCUT2D eigenvalue weighted by Gasteiger charge is 2.16. The van der Waals surface area contributed by atoms with Gasteiger partial charge < -0.3 is 10.6 Å². The molecule has 1 aliphatic carbocycles. The summed E-state index contributed by atoms with van der Waals surface area (Å²) in [5.41, 5.74) is 4.55. The molecule has 1 aliphatic rings. The highest BCUT2D eigenvalue weighted by atomic mass is 16.1. The molecule has 1 amide bonds. The van der Waals surface area contributed by atoms with Gasteiger partial charge in [0.25, 0.3) is 5.91 Å². The Morgan fingerprint density at radius 3 is 2.35 bits per heavy atom. The number of carbonyl (C=O) groups is 1. The van der Waals surface area contributed by atoms with Crippen LogP contribution in [0.3, 0.4) is 0 Å². The molecular weight excluding hydrogens is 324 g/mol. The minimum absolute atomic E-state index is 0.202. The first-order valence-electron chi connectivity index (χ1n) is 9.52. The van der Waals surface area contributed by atoms with Crippen molar-refractivity contribution >= 4 is 17.5 Å². The van der Waals surface area contributed by atoms with Crippen molar-refractivity contribution in [3.63, 3.8) is 0 Å². The van der Waals surface area contributed by atoms with E-state index in [9.17, 15) is 4.79 Å². The number of aromatic nitrogens is 2. The third kappa shape index (κ3) is 4.59. The van der Waals surface area contributed by atoms with Crippen LogP contribution in [0.15, 0.2) is 24.4 Å². The first-order chi connectivity index (χ1) is 12.5. The monoisotopic (exact) mass is 352 g/mol. The number of amides is 1. The van der Waals surface area contributed by atoms with Crippen LogP contribution in [0.2, 0.25) is 0 Å². The summed E-state index contributed by atoms with van der Waals surface area (Å²) in [7, 11) is 0. The van der Waals surface area contributed by atoms with Gasteiger partial charge in [-0.05, 0) is 50.8 Å². The maximum Gasteiger partial charge on any atom is 0.274 e. The van der Waals surface area contributed by atoms with Gasteiger partial charge in [0, 0.05) is 17.9 Å². The van der Waals surface area contributed by atoms with E-state index in [1.165, 1.54) is 31.2 Å². The Hall–Kier alpha value is -2.43. The fraction of sp³-hybridized carbons (Fsp3) is 0.476. The molecule has 0 unspecified atom stereocenters. The fourth-order valence-electron chi connectivity index (χ4n) is 3.72. The molecule has 1 aromatic heterocycles. The van der Waals surface area contributed by atoms with Crippen LogP contribution in [-0.2, 0) is 0 Å². The number of aryl methyl sites for hydroxylation is 3. The van der Waals surface area contributed by atoms with Crippen LogP contribution in [0, 0.1) is 20.8 Å². The maximum absolute atomic E-state index is 12.7. The van der Waals surface area contributed by atoms with E-state index in [1.807, 2.05) is 13.8 Å². The lowest BCUT2D eigenvalue weighted by Crippen LogP contribution is -2.22. The number of hydrogen-bond acceptors (Lipinski definition) is 4. The summed E-state index contributed by atoms with van der Waals surface area (Å²) in [6, 6.07) is 6.20. The summed E-state index contributed by atoms with van der Waals surface area (Å²) in [6.45, 7) is 6.07. The van der Waals surface area contributed by atoms with Crippen LogP contribution in [0.4, 0.5) is 11.6 Å². The molecule has 1 aromatic carbocycles. The number of rotatable bonds is 4. The van der Waals surface area contributed by atoms with E-state index in [2.05, 4.69) is 39.7 Å². The van der Waals surface area contributed by atoms with E-state index >= 15 is 0 Å². The average Bonchev–Trinajstić information content (AvgIpc) is 2.87. The van der Waals surface area contributed by atoms with Gasteiger partial charge in [0.15, 0.2) is 0 Å². The van der Waals surface area contributed by atoms with Crippen molar-refractivity contribution < 1.29 is 4.79 Å². The highest BCUT2D eigenvalue weighted by Crippen LogP contribution is 2.23. The van der Waals surface area contributed by atoms with E-state index in [0.29, 0.717) is 17.7 Å². The second-order valence-corrected chi connectivity index (χ2v) is 7.33. The zero-order valence-corrected chi connectivity index (χ0v) is 15.9. The van der Waals surface area contributed by atoms with Gasteiger partial charge in [-0.25, -0.2) is 9.97 Å². The van der Waals surface area contributed by atoms with E-state index in [1.54, 1.807) is 12.3 Å². The Bertz CT molecular complexity index is 756. The van der Waals surface area contributed by atoms with Crippen molar-refractivity contribution in [2.75, 3.05) is 10.6 Å². The molecule has 1 heterocycles. The van der Waals surface area contributed by atoms with Crippen LogP contribution in [0.1, 0.15) is 65.7 Å². The Morgan fingerprint density at radius 1 is 1.04 bits per heavy atom. The molecule has 0 atom stereocenters. The quantitative estimate of drug-likeness (QED) is 0.777. The molecule has 1 fully saturated rings. The highest BCUT2D eigenvalue weighted by molar-refractivity contribution is 6.03. The Balaban J connectivity index is 1.72. The van der Waals surface area contributed by atoms with E-state index < -0.39 is 0 Å². The lowest BCUT2D eigenvalue weighted by Gasteiger charge is -2.16. The zero-order valence-electron chi connectivity index (χ0n) is 15.9. The molecular formula is C21H28N4O. The SMILES string of the molecule is Cc1cc(C)c(NC(=O)c2ccnc(NC3CCCCCC3)n2)c(C)c1. The molecule has 3 rings (SSSR count). The summed E-state index contributed by atoms with van der Waals surface area (Å²) in [6.07, 6.45) is 9.01. The normalized spacial score (nSPS) is 15.3. The van der Waals surface area contributed by atoms with Gasteiger partial charge in [-0.3, -0.25) is 4.79 Å². The lowest BCUT2D eigenvalue weighted by atomic mass is 10.1. The summed E-state index contributed by atoms with van der Waals surface area (Å²) in [5, 5.41) is 6.41. The molecule has 26 heavy (non-hydrogen) atoms. The number of anilines is 2. The van der Waals surface area contributed by atoms with Crippen molar-refractivity contribution in [3.8, 4) is 0 Å². The van der Waals surface area contributed by atoms with Crippen LogP contribution >= 0.6 is 0 Å². The predicted molar refractivity (Wildman–Crippen MR) is 106 cm³/mol. The third-order valence-electron chi connectivity index (χ3n) is 4.99. The first kappa shape index (κ1) is 18.4. The molecule has 1 saturated carbocycles. The minimum Gasteiger partial charge on any atom is -0.351 e. The molecule has 5 heteroatoms. The van der Waals surface area contributed by atoms with Gasteiger partial charge in [0.2, 0.25) is 5.95 Å². The van der Waals surface area contributed by atoms with Crippen LogP contribution in [0.25, 0.3) is 0 Å². The molecule has 2 N–H and O–H groups in total. The Morgan fingerprint density at radius 2 is 1.69 bits per heavy atom. The minimum atomic E-state index is -0.202.